The Morgan fingerprint density at radius 3 is 2.91 bits per heavy atom. The van der Waals surface area contributed by atoms with E-state index in [1.807, 2.05) is 6.92 Å². The van der Waals surface area contributed by atoms with Gasteiger partial charge in [0, 0.05) is 12.6 Å². The molecule has 0 aromatic rings. The van der Waals surface area contributed by atoms with Gasteiger partial charge in [0.25, 0.3) is 0 Å². The quantitative estimate of drug-likeness (QED) is 0.526. The molecule has 1 fully saturated rings. The monoisotopic (exact) mass is 159 g/mol. The normalized spacial score (nSPS) is 31.5. The summed E-state index contributed by atoms with van der Waals surface area (Å²) in [7, 11) is 1.36. The number of hydrogen-bond donors (Lipinski definition) is 1. The lowest BCUT2D eigenvalue weighted by molar-refractivity contribution is -0.156. The summed E-state index contributed by atoms with van der Waals surface area (Å²) >= 11 is 0. The van der Waals surface area contributed by atoms with Crippen LogP contribution in [0.2, 0.25) is 0 Å². The van der Waals surface area contributed by atoms with Gasteiger partial charge in [-0.1, -0.05) is 0 Å². The van der Waals surface area contributed by atoms with Crippen molar-refractivity contribution in [3.05, 3.63) is 0 Å². The van der Waals surface area contributed by atoms with E-state index in [9.17, 15) is 4.79 Å². The van der Waals surface area contributed by atoms with Gasteiger partial charge in [0.1, 0.15) is 0 Å². The molecule has 1 rings (SSSR count). The van der Waals surface area contributed by atoms with E-state index >= 15 is 0 Å². The SMILES string of the molecule is COC(=O)C1CN[C@H](C)CO1. The molecule has 0 radical (unpaired) electrons. The zero-order valence-electron chi connectivity index (χ0n) is 6.79. The maximum absolute atomic E-state index is 10.9. The second-order valence-corrected chi connectivity index (χ2v) is 2.65. The van der Waals surface area contributed by atoms with Crippen molar-refractivity contribution in [2.75, 3.05) is 20.3 Å². The molecule has 0 amide bonds. The molecule has 11 heavy (non-hydrogen) atoms. The van der Waals surface area contributed by atoms with Crippen molar-refractivity contribution in [3.8, 4) is 0 Å². The molecule has 0 bridgehead atoms. The highest BCUT2D eigenvalue weighted by Crippen LogP contribution is 2.01. The third-order valence-electron chi connectivity index (χ3n) is 1.66. The molecule has 0 aromatic carbocycles. The van der Waals surface area contributed by atoms with Crippen molar-refractivity contribution >= 4 is 5.97 Å². The van der Waals surface area contributed by atoms with Crippen LogP contribution in [0.25, 0.3) is 0 Å². The van der Waals surface area contributed by atoms with E-state index in [0.717, 1.165) is 0 Å². The van der Waals surface area contributed by atoms with Crippen molar-refractivity contribution in [2.24, 2.45) is 0 Å². The summed E-state index contributed by atoms with van der Waals surface area (Å²) in [6.07, 6.45) is -0.420. The zero-order chi connectivity index (χ0) is 8.27. The average molecular weight is 159 g/mol. The molecule has 4 nitrogen and oxygen atoms in total. The van der Waals surface area contributed by atoms with Crippen LogP contribution in [0.1, 0.15) is 6.92 Å². The summed E-state index contributed by atoms with van der Waals surface area (Å²) in [5.74, 6) is -0.301. The number of rotatable bonds is 1. The second-order valence-electron chi connectivity index (χ2n) is 2.65. The van der Waals surface area contributed by atoms with Gasteiger partial charge in [-0.05, 0) is 6.92 Å². The highest BCUT2D eigenvalue weighted by molar-refractivity contribution is 5.74. The minimum atomic E-state index is -0.420. The van der Waals surface area contributed by atoms with E-state index in [2.05, 4.69) is 10.1 Å². The second kappa shape index (κ2) is 3.69. The number of nitrogens with one attached hydrogen (secondary N) is 1. The molecule has 1 aliphatic rings. The fourth-order valence-electron chi connectivity index (χ4n) is 0.969. The van der Waals surface area contributed by atoms with Crippen LogP contribution in [0.5, 0.6) is 0 Å². The maximum atomic E-state index is 10.9. The van der Waals surface area contributed by atoms with Crippen LogP contribution in [0.4, 0.5) is 0 Å². The molecule has 1 N–H and O–H groups in total. The molecule has 4 heteroatoms. The highest BCUT2D eigenvalue weighted by Gasteiger charge is 2.24. The van der Waals surface area contributed by atoms with Gasteiger partial charge in [0.05, 0.1) is 13.7 Å². The fourth-order valence-corrected chi connectivity index (χ4v) is 0.969. The molecule has 0 aromatic heterocycles. The molecular formula is C7H13NO3. The summed E-state index contributed by atoms with van der Waals surface area (Å²) in [5, 5.41) is 3.12. The third-order valence-corrected chi connectivity index (χ3v) is 1.66. The largest absolute Gasteiger partial charge is 0.467 e. The Labute approximate surface area is 65.9 Å². The number of morpholine rings is 1. The number of esters is 1. The first-order valence-corrected chi connectivity index (χ1v) is 3.67. The van der Waals surface area contributed by atoms with E-state index in [1.54, 1.807) is 0 Å². The minimum Gasteiger partial charge on any atom is -0.467 e. The highest BCUT2D eigenvalue weighted by atomic mass is 16.6. The van der Waals surface area contributed by atoms with E-state index in [0.29, 0.717) is 19.2 Å². The maximum Gasteiger partial charge on any atom is 0.336 e. The van der Waals surface area contributed by atoms with E-state index in [4.69, 9.17) is 4.74 Å². The van der Waals surface area contributed by atoms with Gasteiger partial charge in [-0.15, -0.1) is 0 Å². The van der Waals surface area contributed by atoms with Crippen LogP contribution >= 0.6 is 0 Å². The van der Waals surface area contributed by atoms with Gasteiger partial charge in [0.15, 0.2) is 6.10 Å². The molecule has 2 atom stereocenters. The molecule has 1 saturated heterocycles. The lowest BCUT2D eigenvalue weighted by Gasteiger charge is -2.26. The van der Waals surface area contributed by atoms with Gasteiger partial charge in [-0.2, -0.15) is 0 Å². The first-order chi connectivity index (χ1) is 5.24. The van der Waals surface area contributed by atoms with Crippen molar-refractivity contribution < 1.29 is 14.3 Å². The van der Waals surface area contributed by atoms with E-state index < -0.39 is 6.10 Å². The first-order valence-electron chi connectivity index (χ1n) is 3.67. The number of ether oxygens (including phenoxy) is 2. The van der Waals surface area contributed by atoms with Crippen molar-refractivity contribution in [1.29, 1.82) is 0 Å². The van der Waals surface area contributed by atoms with Crippen molar-refractivity contribution in [1.82, 2.24) is 5.32 Å². The summed E-state index contributed by atoms with van der Waals surface area (Å²) < 4.78 is 9.73. The summed E-state index contributed by atoms with van der Waals surface area (Å²) in [6.45, 7) is 3.13. The van der Waals surface area contributed by atoms with Gasteiger partial charge >= 0.3 is 5.97 Å². The van der Waals surface area contributed by atoms with Crippen molar-refractivity contribution in [2.45, 2.75) is 19.1 Å². The van der Waals surface area contributed by atoms with Gasteiger partial charge in [-0.25, -0.2) is 4.79 Å². The molecule has 0 aliphatic carbocycles. The standard InChI is InChI=1S/C7H13NO3/c1-5-4-11-6(3-8-5)7(9)10-2/h5-6,8H,3-4H2,1-2H3/t5-,6?/m1/s1. The summed E-state index contributed by atoms with van der Waals surface area (Å²) in [4.78, 5) is 10.9. The predicted molar refractivity (Wildman–Crippen MR) is 39.2 cm³/mol. The van der Waals surface area contributed by atoms with Crippen LogP contribution < -0.4 is 5.32 Å². The number of hydrogen-bond acceptors (Lipinski definition) is 4. The molecule has 1 unspecified atom stereocenters. The molecule has 1 heterocycles. The Morgan fingerprint density at radius 1 is 1.73 bits per heavy atom. The lowest BCUT2D eigenvalue weighted by Crippen LogP contribution is -2.48. The number of carbonyl (C=O) groups is 1. The molecule has 1 aliphatic heterocycles. The van der Waals surface area contributed by atoms with Gasteiger partial charge in [-0.3, -0.25) is 0 Å². The fraction of sp³-hybridized carbons (Fsp3) is 0.857. The van der Waals surface area contributed by atoms with Crippen LogP contribution in [0.3, 0.4) is 0 Å². The Bertz CT molecular complexity index is 141. The van der Waals surface area contributed by atoms with Crippen LogP contribution in [0, 0.1) is 0 Å². The summed E-state index contributed by atoms with van der Waals surface area (Å²) in [6, 6.07) is 0.330. The van der Waals surface area contributed by atoms with Crippen molar-refractivity contribution in [3.63, 3.8) is 0 Å². The average Bonchev–Trinajstić information content (AvgIpc) is 2.05. The van der Waals surface area contributed by atoms with Gasteiger partial charge < -0.3 is 14.8 Å². The Balaban J connectivity index is 2.33. The predicted octanol–water partition coefficient (Wildman–Crippen LogP) is -0.464. The van der Waals surface area contributed by atoms with Gasteiger partial charge in [0.2, 0.25) is 0 Å². The third kappa shape index (κ3) is 2.17. The molecule has 0 spiro atoms. The summed E-state index contributed by atoms with van der Waals surface area (Å²) in [5.41, 5.74) is 0. The van der Waals surface area contributed by atoms with E-state index in [1.165, 1.54) is 7.11 Å². The Morgan fingerprint density at radius 2 is 2.45 bits per heavy atom. The Hall–Kier alpha value is -0.610. The van der Waals surface area contributed by atoms with Crippen LogP contribution in [0.15, 0.2) is 0 Å². The molecular weight excluding hydrogens is 146 g/mol. The minimum absolute atomic E-state index is 0.301. The van der Waals surface area contributed by atoms with Crippen LogP contribution in [-0.2, 0) is 14.3 Å². The number of carbonyl (C=O) groups excluding carboxylic acids is 1. The topological polar surface area (TPSA) is 47.6 Å². The molecule has 0 saturated carbocycles. The van der Waals surface area contributed by atoms with Crippen LogP contribution in [-0.4, -0.2) is 38.4 Å². The Kier molecular flexibility index (Phi) is 2.84. The smallest absolute Gasteiger partial charge is 0.336 e. The van der Waals surface area contributed by atoms with E-state index in [-0.39, 0.29) is 5.97 Å². The molecule has 64 valence electrons. The zero-order valence-corrected chi connectivity index (χ0v) is 6.79. The lowest BCUT2D eigenvalue weighted by atomic mass is 10.2. The number of methoxy groups -OCH3 is 1. The first kappa shape index (κ1) is 8.49.